The summed E-state index contributed by atoms with van der Waals surface area (Å²) in [5.74, 6) is -0.811. The number of carboxylic acid groups (broad SMARTS) is 1. The lowest BCUT2D eigenvalue weighted by atomic mass is 9.96. The first-order valence-corrected chi connectivity index (χ1v) is 7.87. The summed E-state index contributed by atoms with van der Waals surface area (Å²) in [4.78, 5) is 11.3. The monoisotopic (exact) mass is 308 g/mol. The summed E-state index contributed by atoms with van der Waals surface area (Å²) in [5, 5.41) is 15.9. The van der Waals surface area contributed by atoms with Crippen LogP contribution in [0.4, 0.5) is 17.1 Å². The molecule has 0 aromatic heterocycles. The Morgan fingerprint density at radius 2 is 1.35 bits per heavy atom. The third kappa shape index (κ3) is 3.92. The summed E-state index contributed by atoms with van der Waals surface area (Å²) >= 11 is 0. The van der Waals surface area contributed by atoms with Crippen LogP contribution in [0.2, 0.25) is 0 Å². The Hall–Kier alpha value is -2.75. The molecule has 4 heteroatoms. The van der Waals surface area contributed by atoms with E-state index in [1.165, 1.54) is 0 Å². The van der Waals surface area contributed by atoms with Crippen LogP contribution in [-0.2, 0) is 4.79 Å². The third-order valence-corrected chi connectivity index (χ3v) is 3.97. The summed E-state index contributed by atoms with van der Waals surface area (Å²) in [7, 11) is 0. The quantitative estimate of drug-likeness (QED) is 0.745. The maximum Gasteiger partial charge on any atom is 0.333 e. The fourth-order valence-electron chi connectivity index (χ4n) is 2.78. The van der Waals surface area contributed by atoms with Gasteiger partial charge >= 0.3 is 5.97 Å². The molecule has 0 saturated carbocycles. The van der Waals surface area contributed by atoms with Crippen LogP contribution in [0.3, 0.4) is 0 Å². The SMILES string of the molecule is O=C(O)C1=C(Nc2ccc(Nc3ccccc3)cc2)CCCC1. The van der Waals surface area contributed by atoms with Crippen molar-refractivity contribution in [3.05, 3.63) is 65.9 Å². The maximum absolute atomic E-state index is 11.3. The van der Waals surface area contributed by atoms with E-state index in [0.29, 0.717) is 12.0 Å². The number of carbonyl (C=O) groups is 1. The lowest BCUT2D eigenvalue weighted by Gasteiger charge is -2.19. The highest BCUT2D eigenvalue weighted by atomic mass is 16.4. The summed E-state index contributed by atoms with van der Waals surface area (Å²) in [6, 6.07) is 17.9. The van der Waals surface area contributed by atoms with E-state index in [0.717, 1.165) is 42.0 Å². The first-order chi connectivity index (χ1) is 11.2. The summed E-state index contributed by atoms with van der Waals surface area (Å²) in [6.45, 7) is 0. The minimum Gasteiger partial charge on any atom is -0.478 e. The van der Waals surface area contributed by atoms with Crippen LogP contribution in [0, 0.1) is 0 Å². The summed E-state index contributed by atoms with van der Waals surface area (Å²) in [6.07, 6.45) is 3.43. The van der Waals surface area contributed by atoms with Crippen LogP contribution in [0.15, 0.2) is 65.9 Å². The van der Waals surface area contributed by atoms with Crippen molar-refractivity contribution in [2.45, 2.75) is 25.7 Å². The Bertz CT molecular complexity index is 706. The maximum atomic E-state index is 11.3. The average molecular weight is 308 g/mol. The minimum absolute atomic E-state index is 0.516. The zero-order valence-electron chi connectivity index (χ0n) is 12.9. The number of hydrogen-bond donors (Lipinski definition) is 3. The van der Waals surface area contributed by atoms with Crippen molar-refractivity contribution in [2.24, 2.45) is 0 Å². The van der Waals surface area contributed by atoms with Crippen molar-refractivity contribution in [3.8, 4) is 0 Å². The highest BCUT2D eigenvalue weighted by molar-refractivity contribution is 5.88. The molecule has 0 spiro atoms. The van der Waals surface area contributed by atoms with Crippen LogP contribution in [0.25, 0.3) is 0 Å². The van der Waals surface area contributed by atoms with Gasteiger partial charge in [-0.25, -0.2) is 4.79 Å². The molecule has 0 aliphatic heterocycles. The average Bonchev–Trinajstić information content (AvgIpc) is 2.58. The molecule has 0 fully saturated rings. The number of benzene rings is 2. The fraction of sp³-hybridized carbons (Fsp3) is 0.211. The number of hydrogen-bond acceptors (Lipinski definition) is 3. The number of allylic oxidation sites excluding steroid dienone is 1. The van der Waals surface area contributed by atoms with E-state index < -0.39 is 5.97 Å². The normalized spacial score (nSPS) is 14.4. The van der Waals surface area contributed by atoms with Gasteiger partial charge in [-0.15, -0.1) is 0 Å². The number of carboxylic acids is 1. The van der Waals surface area contributed by atoms with E-state index in [2.05, 4.69) is 10.6 Å². The number of nitrogens with one attached hydrogen (secondary N) is 2. The predicted octanol–water partition coefficient (Wildman–Crippen LogP) is 4.75. The first kappa shape index (κ1) is 15.2. The first-order valence-electron chi connectivity index (χ1n) is 7.87. The van der Waals surface area contributed by atoms with Gasteiger partial charge in [-0.3, -0.25) is 0 Å². The number of aliphatic carboxylic acids is 1. The van der Waals surface area contributed by atoms with Crippen LogP contribution in [-0.4, -0.2) is 11.1 Å². The molecule has 4 nitrogen and oxygen atoms in total. The molecule has 0 amide bonds. The zero-order chi connectivity index (χ0) is 16.1. The van der Waals surface area contributed by atoms with E-state index in [-0.39, 0.29) is 0 Å². The van der Waals surface area contributed by atoms with Crippen molar-refractivity contribution < 1.29 is 9.90 Å². The van der Waals surface area contributed by atoms with Gasteiger partial charge in [0.15, 0.2) is 0 Å². The van der Waals surface area contributed by atoms with Crippen molar-refractivity contribution in [1.82, 2.24) is 0 Å². The molecule has 2 aromatic carbocycles. The van der Waals surface area contributed by atoms with Crippen molar-refractivity contribution in [1.29, 1.82) is 0 Å². The van der Waals surface area contributed by atoms with Crippen LogP contribution in [0.1, 0.15) is 25.7 Å². The molecule has 1 aliphatic rings. The summed E-state index contributed by atoms with van der Waals surface area (Å²) in [5.41, 5.74) is 4.31. The van der Waals surface area contributed by atoms with Gasteiger partial charge in [0.05, 0.1) is 5.57 Å². The van der Waals surface area contributed by atoms with Crippen molar-refractivity contribution >= 4 is 23.0 Å². The topological polar surface area (TPSA) is 61.4 Å². The minimum atomic E-state index is -0.811. The van der Waals surface area contributed by atoms with Gasteiger partial charge in [0.2, 0.25) is 0 Å². The van der Waals surface area contributed by atoms with Crippen molar-refractivity contribution in [2.75, 3.05) is 10.6 Å². The Morgan fingerprint density at radius 3 is 2.00 bits per heavy atom. The number of anilines is 3. The van der Waals surface area contributed by atoms with Gasteiger partial charge in [0.25, 0.3) is 0 Å². The molecule has 0 atom stereocenters. The molecule has 0 heterocycles. The number of rotatable bonds is 5. The van der Waals surface area contributed by atoms with Gasteiger partial charge < -0.3 is 15.7 Å². The molecule has 0 radical (unpaired) electrons. The zero-order valence-corrected chi connectivity index (χ0v) is 12.9. The second kappa shape index (κ2) is 7.01. The third-order valence-electron chi connectivity index (χ3n) is 3.97. The van der Waals surface area contributed by atoms with Gasteiger partial charge in [-0.05, 0) is 62.1 Å². The van der Waals surface area contributed by atoms with E-state index in [1.54, 1.807) is 0 Å². The summed E-state index contributed by atoms with van der Waals surface area (Å²) < 4.78 is 0. The van der Waals surface area contributed by atoms with E-state index in [9.17, 15) is 9.90 Å². The molecular weight excluding hydrogens is 288 g/mol. The molecule has 2 aromatic rings. The Labute approximate surface area is 135 Å². The van der Waals surface area contributed by atoms with Crippen LogP contribution in [0.5, 0.6) is 0 Å². The van der Waals surface area contributed by atoms with E-state index in [4.69, 9.17) is 0 Å². The Morgan fingerprint density at radius 1 is 0.783 bits per heavy atom. The second-order valence-corrected chi connectivity index (χ2v) is 5.66. The molecule has 0 bridgehead atoms. The lowest BCUT2D eigenvalue weighted by molar-refractivity contribution is -0.133. The number of para-hydroxylation sites is 1. The van der Waals surface area contributed by atoms with Gasteiger partial charge in [-0.1, -0.05) is 18.2 Å². The van der Waals surface area contributed by atoms with E-state index in [1.807, 2.05) is 54.6 Å². The highest BCUT2D eigenvalue weighted by Crippen LogP contribution is 2.27. The molecular formula is C19H20N2O2. The molecule has 0 saturated heterocycles. The standard InChI is InChI=1S/C19H20N2O2/c22-19(23)17-8-4-5-9-18(17)21-16-12-10-15(11-13-16)20-14-6-2-1-3-7-14/h1-3,6-7,10-13,20-21H,4-5,8-9H2,(H,22,23). The van der Waals surface area contributed by atoms with Gasteiger partial charge in [0.1, 0.15) is 0 Å². The molecule has 3 N–H and O–H groups in total. The van der Waals surface area contributed by atoms with Crippen LogP contribution < -0.4 is 10.6 Å². The molecule has 118 valence electrons. The predicted molar refractivity (Wildman–Crippen MR) is 92.9 cm³/mol. The largest absolute Gasteiger partial charge is 0.478 e. The Kier molecular flexibility index (Phi) is 4.62. The molecule has 1 aliphatic carbocycles. The lowest BCUT2D eigenvalue weighted by Crippen LogP contribution is -2.14. The fourth-order valence-corrected chi connectivity index (χ4v) is 2.78. The molecule has 23 heavy (non-hydrogen) atoms. The molecule has 3 rings (SSSR count). The van der Waals surface area contributed by atoms with Gasteiger partial charge in [-0.2, -0.15) is 0 Å². The van der Waals surface area contributed by atoms with Crippen molar-refractivity contribution in [3.63, 3.8) is 0 Å². The van der Waals surface area contributed by atoms with E-state index >= 15 is 0 Å². The Balaban J connectivity index is 1.71. The van der Waals surface area contributed by atoms with Gasteiger partial charge in [0, 0.05) is 22.8 Å². The highest BCUT2D eigenvalue weighted by Gasteiger charge is 2.18. The van der Waals surface area contributed by atoms with Crippen LogP contribution >= 0.6 is 0 Å². The smallest absolute Gasteiger partial charge is 0.333 e. The molecule has 0 unspecified atom stereocenters. The second-order valence-electron chi connectivity index (χ2n) is 5.66.